The summed E-state index contributed by atoms with van der Waals surface area (Å²) in [5.74, 6) is -0.0110. The molecule has 0 aliphatic carbocycles. The van der Waals surface area contributed by atoms with Crippen LogP contribution < -0.4 is 24.0 Å². The first-order chi connectivity index (χ1) is 5.38. The maximum Gasteiger partial charge on any atom is 1.00 e. The SMILES string of the molecule is [CH3-].[Li+].[O-]c1cccc2cccnc12. The van der Waals surface area contributed by atoms with Crippen molar-refractivity contribution in [3.05, 3.63) is 44.0 Å². The van der Waals surface area contributed by atoms with E-state index < -0.39 is 0 Å². The predicted octanol–water partition coefficient (Wildman–Crippen LogP) is -1.24. The number of pyridine rings is 1. The first-order valence-corrected chi connectivity index (χ1v) is 3.39. The van der Waals surface area contributed by atoms with Crippen LogP contribution in [0.2, 0.25) is 0 Å². The summed E-state index contributed by atoms with van der Waals surface area (Å²) in [7, 11) is 0. The van der Waals surface area contributed by atoms with Gasteiger partial charge in [0.1, 0.15) is 0 Å². The molecule has 1 aromatic carbocycles. The molecule has 0 N–H and O–H groups in total. The summed E-state index contributed by atoms with van der Waals surface area (Å²) in [5, 5.41) is 12.0. The number of hydrogen-bond donors (Lipinski definition) is 0. The van der Waals surface area contributed by atoms with Crippen LogP contribution in [0.15, 0.2) is 36.5 Å². The van der Waals surface area contributed by atoms with E-state index in [2.05, 4.69) is 4.98 Å². The van der Waals surface area contributed by atoms with Crippen LogP contribution in [0.5, 0.6) is 5.75 Å². The summed E-state index contributed by atoms with van der Waals surface area (Å²) in [6, 6.07) is 8.84. The van der Waals surface area contributed by atoms with E-state index >= 15 is 0 Å². The van der Waals surface area contributed by atoms with Gasteiger partial charge in [-0.1, -0.05) is 30.0 Å². The summed E-state index contributed by atoms with van der Waals surface area (Å²) in [6.45, 7) is 0. The Morgan fingerprint density at radius 2 is 1.77 bits per heavy atom. The maximum absolute atomic E-state index is 11.1. The molecular weight excluding hydrogens is 157 g/mol. The molecule has 62 valence electrons. The second-order valence-electron chi connectivity index (χ2n) is 2.33. The van der Waals surface area contributed by atoms with Crippen molar-refractivity contribution in [2.45, 2.75) is 0 Å². The molecule has 2 aromatic rings. The fourth-order valence-corrected chi connectivity index (χ4v) is 1.08. The number of aromatic nitrogens is 1. The minimum absolute atomic E-state index is 0. The number of rotatable bonds is 0. The third-order valence-electron chi connectivity index (χ3n) is 1.60. The first kappa shape index (κ1) is 12.0. The molecule has 0 unspecified atom stereocenters. The Balaban J connectivity index is 0.000000720. The molecule has 0 aliphatic rings. The maximum atomic E-state index is 11.1. The molecule has 0 saturated heterocycles. The van der Waals surface area contributed by atoms with Crippen molar-refractivity contribution < 1.29 is 24.0 Å². The van der Waals surface area contributed by atoms with E-state index in [0.717, 1.165) is 5.39 Å². The third kappa shape index (κ3) is 2.24. The molecule has 0 atom stereocenters. The van der Waals surface area contributed by atoms with Crippen molar-refractivity contribution >= 4 is 10.9 Å². The van der Waals surface area contributed by atoms with Gasteiger partial charge >= 0.3 is 18.9 Å². The average molecular weight is 166 g/mol. The van der Waals surface area contributed by atoms with Crippen LogP contribution in [-0.4, -0.2) is 4.98 Å². The Kier molecular flexibility index (Phi) is 4.54. The smallest absolute Gasteiger partial charge is 0.871 e. The minimum Gasteiger partial charge on any atom is -0.871 e. The number of hydrogen-bond acceptors (Lipinski definition) is 2. The van der Waals surface area contributed by atoms with Crippen molar-refractivity contribution in [3.8, 4) is 5.75 Å². The second-order valence-corrected chi connectivity index (χ2v) is 2.33. The molecule has 0 bridgehead atoms. The predicted molar refractivity (Wildman–Crippen MR) is 47.6 cm³/mol. The van der Waals surface area contributed by atoms with Gasteiger partial charge in [0.05, 0.1) is 5.52 Å². The largest absolute Gasteiger partial charge is 1.00 e. The van der Waals surface area contributed by atoms with Gasteiger partial charge in [0.2, 0.25) is 0 Å². The fraction of sp³-hybridized carbons (Fsp3) is 0. The van der Waals surface area contributed by atoms with Crippen molar-refractivity contribution in [1.29, 1.82) is 0 Å². The van der Waals surface area contributed by atoms with Crippen molar-refractivity contribution in [1.82, 2.24) is 4.98 Å². The quantitative estimate of drug-likeness (QED) is 0.362. The molecule has 2 rings (SSSR count). The Morgan fingerprint density at radius 1 is 1.08 bits per heavy atom. The van der Waals surface area contributed by atoms with Gasteiger partial charge in [-0.2, -0.15) is 0 Å². The number of nitrogens with zero attached hydrogens (tertiary/aromatic N) is 1. The zero-order valence-electron chi connectivity index (χ0n) is 7.82. The molecule has 0 amide bonds. The molecular formula is C10H9LiNO-. The van der Waals surface area contributed by atoms with Crippen molar-refractivity contribution in [3.63, 3.8) is 0 Å². The Labute approximate surface area is 89.8 Å². The molecule has 13 heavy (non-hydrogen) atoms. The summed E-state index contributed by atoms with van der Waals surface area (Å²) >= 11 is 0. The van der Waals surface area contributed by atoms with Crippen LogP contribution in [0.25, 0.3) is 10.9 Å². The summed E-state index contributed by atoms with van der Waals surface area (Å²) < 4.78 is 0. The zero-order valence-corrected chi connectivity index (χ0v) is 7.82. The second kappa shape index (κ2) is 4.91. The first-order valence-electron chi connectivity index (χ1n) is 3.39. The Hall–Kier alpha value is -0.973. The van der Waals surface area contributed by atoms with Gasteiger partial charge in [-0.3, -0.25) is 4.98 Å². The van der Waals surface area contributed by atoms with Gasteiger partial charge in [0.25, 0.3) is 0 Å². The fourth-order valence-electron chi connectivity index (χ4n) is 1.08. The van der Waals surface area contributed by atoms with E-state index in [4.69, 9.17) is 0 Å². The van der Waals surface area contributed by atoms with Gasteiger partial charge < -0.3 is 12.5 Å². The summed E-state index contributed by atoms with van der Waals surface area (Å²) in [4.78, 5) is 3.97. The molecule has 0 saturated carbocycles. The van der Waals surface area contributed by atoms with Crippen LogP contribution in [0, 0.1) is 7.43 Å². The van der Waals surface area contributed by atoms with Crippen molar-refractivity contribution in [2.75, 3.05) is 0 Å². The molecule has 0 aliphatic heterocycles. The van der Waals surface area contributed by atoms with Gasteiger partial charge in [-0.15, -0.1) is 0 Å². The van der Waals surface area contributed by atoms with E-state index in [-0.39, 0.29) is 32.0 Å². The van der Waals surface area contributed by atoms with E-state index in [9.17, 15) is 5.11 Å². The topological polar surface area (TPSA) is 36.0 Å². The average Bonchev–Trinajstić information content (AvgIpc) is 2.06. The van der Waals surface area contributed by atoms with Gasteiger partial charge in [0, 0.05) is 6.20 Å². The van der Waals surface area contributed by atoms with Crippen LogP contribution >= 0.6 is 0 Å². The number of para-hydroxylation sites is 1. The van der Waals surface area contributed by atoms with Crippen molar-refractivity contribution in [2.24, 2.45) is 0 Å². The van der Waals surface area contributed by atoms with Gasteiger partial charge in [-0.25, -0.2) is 0 Å². The molecule has 1 aromatic heterocycles. The van der Waals surface area contributed by atoms with E-state index in [0.29, 0.717) is 5.52 Å². The van der Waals surface area contributed by atoms with E-state index in [1.54, 1.807) is 12.3 Å². The molecule has 0 spiro atoms. The summed E-state index contributed by atoms with van der Waals surface area (Å²) in [6.07, 6.45) is 1.63. The van der Waals surface area contributed by atoms with E-state index in [1.807, 2.05) is 18.2 Å². The number of fused-ring (bicyclic) bond motifs is 1. The Morgan fingerprint density at radius 3 is 2.46 bits per heavy atom. The van der Waals surface area contributed by atoms with Crippen LogP contribution in [0.3, 0.4) is 0 Å². The molecule has 3 heteroatoms. The van der Waals surface area contributed by atoms with Gasteiger partial charge in [0.15, 0.2) is 0 Å². The molecule has 2 nitrogen and oxygen atoms in total. The normalized spacial score (nSPS) is 8.62. The van der Waals surface area contributed by atoms with Gasteiger partial charge in [-0.05, 0) is 11.5 Å². The van der Waals surface area contributed by atoms with Crippen LogP contribution in [0.1, 0.15) is 0 Å². The summed E-state index contributed by atoms with van der Waals surface area (Å²) in [5.41, 5.74) is 0.551. The standard InChI is InChI=1S/C9H7NO.CH3.Li/c11-8-5-1-3-7-4-2-6-10-9(7)8;;/h1-6,11H;1H3;/q;-1;+1/p-1. The molecule has 0 fully saturated rings. The Bertz CT molecular complexity index is 384. The number of benzene rings is 1. The van der Waals surface area contributed by atoms with Crippen LogP contribution in [0.4, 0.5) is 0 Å². The molecule has 1 heterocycles. The van der Waals surface area contributed by atoms with E-state index in [1.165, 1.54) is 6.07 Å². The minimum atomic E-state index is -0.0110. The molecule has 0 radical (unpaired) electrons. The zero-order chi connectivity index (χ0) is 7.68. The monoisotopic (exact) mass is 166 g/mol. The third-order valence-corrected chi connectivity index (χ3v) is 1.60. The van der Waals surface area contributed by atoms with Crippen LogP contribution in [-0.2, 0) is 0 Å².